The lowest BCUT2D eigenvalue weighted by atomic mass is 10.1. The molecule has 0 fully saturated rings. The maximum absolute atomic E-state index is 12.9. The lowest BCUT2D eigenvalue weighted by molar-refractivity contribution is -0.113. The van der Waals surface area contributed by atoms with E-state index in [0.29, 0.717) is 17.0 Å². The van der Waals surface area contributed by atoms with Crippen molar-refractivity contribution in [3.05, 3.63) is 87.2 Å². The highest BCUT2D eigenvalue weighted by molar-refractivity contribution is 7.10. The number of hydrogen-bond acceptors (Lipinski definition) is 4. The molecule has 2 aromatic carbocycles. The predicted octanol–water partition coefficient (Wildman–Crippen LogP) is 4.78. The number of hydrogen-bond donors (Lipinski definition) is 2. The summed E-state index contributed by atoms with van der Waals surface area (Å²) in [5.74, 6) is -0.0399. The molecule has 2 amide bonds. The van der Waals surface area contributed by atoms with Crippen LogP contribution in [0.3, 0.4) is 0 Å². The highest BCUT2D eigenvalue weighted by Crippen LogP contribution is 2.18. The van der Waals surface area contributed by atoms with Gasteiger partial charge >= 0.3 is 0 Å². The zero-order chi connectivity index (χ0) is 20.8. The first-order valence-electron chi connectivity index (χ1n) is 9.05. The maximum Gasteiger partial charge on any atom is 0.272 e. The second kappa shape index (κ2) is 9.21. The minimum absolute atomic E-state index is 0.173. The second-order valence-electron chi connectivity index (χ2n) is 6.51. The minimum Gasteiger partial charge on any atom is -0.497 e. The molecule has 0 unspecified atom stereocenters. The van der Waals surface area contributed by atoms with E-state index in [1.807, 2.05) is 43.5 Å². The molecule has 6 heteroatoms. The Kier molecular flexibility index (Phi) is 6.46. The summed E-state index contributed by atoms with van der Waals surface area (Å²) in [5, 5.41) is 7.48. The monoisotopic (exact) mass is 406 g/mol. The van der Waals surface area contributed by atoms with Crippen LogP contribution in [0.15, 0.2) is 65.7 Å². The van der Waals surface area contributed by atoms with Crippen LogP contribution < -0.4 is 15.4 Å². The van der Waals surface area contributed by atoms with Gasteiger partial charge in [-0.2, -0.15) is 0 Å². The molecule has 0 atom stereocenters. The molecule has 5 nitrogen and oxygen atoms in total. The Morgan fingerprint density at radius 2 is 1.76 bits per heavy atom. The molecule has 0 radical (unpaired) electrons. The molecule has 0 spiro atoms. The fourth-order valence-electron chi connectivity index (χ4n) is 2.62. The Balaban J connectivity index is 1.82. The Hall–Kier alpha value is -3.38. The van der Waals surface area contributed by atoms with Crippen molar-refractivity contribution >= 4 is 34.9 Å². The molecule has 3 aromatic rings. The summed E-state index contributed by atoms with van der Waals surface area (Å²) in [6, 6.07) is 16.2. The van der Waals surface area contributed by atoms with Gasteiger partial charge in [0.15, 0.2) is 0 Å². The van der Waals surface area contributed by atoms with E-state index in [1.165, 1.54) is 11.3 Å². The highest BCUT2D eigenvalue weighted by atomic mass is 32.1. The first kappa shape index (κ1) is 20.4. The van der Waals surface area contributed by atoms with E-state index in [0.717, 1.165) is 16.0 Å². The number of methoxy groups -OCH3 is 1. The summed E-state index contributed by atoms with van der Waals surface area (Å²) < 4.78 is 5.13. The summed E-state index contributed by atoms with van der Waals surface area (Å²) in [5.41, 5.74) is 3.40. The Labute approximate surface area is 174 Å². The van der Waals surface area contributed by atoms with Crippen molar-refractivity contribution in [1.29, 1.82) is 0 Å². The van der Waals surface area contributed by atoms with Gasteiger partial charge in [-0.3, -0.25) is 9.59 Å². The molecule has 29 heavy (non-hydrogen) atoms. The topological polar surface area (TPSA) is 67.4 Å². The van der Waals surface area contributed by atoms with Crippen molar-refractivity contribution in [2.24, 2.45) is 0 Å². The quantitative estimate of drug-likeness (QED) is 0.579. The lowest BCUT2D eigenvalue weighted by Gasteiger charge is -2.12. The van der Waals surface area contributed by atoms with Gasteiger partial charge in [-0.25, -0.2) is 0 Å². The molecule has 0 saturated carbocycles. The molecule has 1 aromatic heterocycles. The van der Waals surface area contributed by atoms with Crippen LogP contribution in [0.2, 0.25) is 0 Å². The predicted molar refractivity (Wildman–Crippen MR) is 117 cm³/mol. The van der Waals surface area contributed by atoms with E-state index >= 15 is 0 Å². The average Bonchev–Trinajstić information content (AvgIpc) is 3.23. The zero-order valence-electron chi connectivity index (χ0n) is 16.5. The fourth-order valence-corrected chi connectivity index (χ4v) is 3.28. The van der Waals surface area contributed by atoms with E-state index in [9.17, 15) is 9.59 Å². The number of amides is 2. The van der Waals surface area contributed by atoms with Crippen LogP contribution in [-0.2, 0) is 4.79 Å². The molecule has 148 valence electrons. The van der Waals surface area contributed by atoms with Crippen molar-refractivity contribution in [1.82, 2.24) is 5.32 Å². The van der Waals surface area contributed by atoms with Crippen LogP contribution in [0, 0.1) is 13.8 Å². The Bertz CT molecular complexity index is 1040. The third-order valence-electron chi connectivity index (χ3n) is 4.44. The molecule has 0 aliphatic rings. The van der Waals surface area contributed by atoms with Gasteiger partial charge in [0.1, 0.15) is 11.4 Å². The van der Waals surface area contributed by atoms with Crippen LogP contribution in [0.4, 0.5) is 5.69 Å². The number of nitrogens with one attached hydrogen (secondary N) is 2. The molecule has 0 bridgehead atoms. The van der Waals surface area contributed by atoms with E-state index < -0.39 is 5.91 Å². The molecule has 3 rings (SSSR count). The van der Waals surface area contributed by atoms with Crippen molar-refractivity contribution in [2.45, 2.75) is 13.8 Å². The molecule has 2 N–H and O–H groups in total. The summed E-state index contributed by atoms with van der Waals surface area (Å²) in [4.78, 5) is 26.5. The SMILES string of the molecule is COc1ccc(NC(=O)/C(=C\c2cccs2)NC(=O)c2ccc(C)c(C)c2)cc1. The van der Waals surface area contributed by atoms with Gasteiger partial charge in [-0.1, -0.05) is 12.1 Å². The molecular weight excluding hydrogens is 384 g/mol. The molecular formula is C23H22N2O3S. The molecule has 0 aliphatic heterocycles. The Morgan fingerprint density at radius 1 is 1.00 bits per heavy atom. The summed E-state index contributed by atoms with van der Waals surface area (Å²) in [6.45, 7) is 3.94. The molecule has 0 saturated heterocycles. The van der Waals surface area contributed by atoms with Crippen LogP contribution in [0.5, 0.6) is 5.75 Å². The van der Waals surface area contributed by atoms with E-state index in [1.54, 1.807) is 43.5 Å². The summed E-state index contributed by atoms with van der Waals surface area (Å²) >= 11 is 1.48. The van der Waals surface area contributed by atoms with Gasteiger partial charge in [0.2, 0.25) is 0 Å². The maximum atomic E-state index is 12.9. The number of ether oxygens (including phenoxy) is 1. The van der Waals surface area contributed by atoms with E-state index in [2.05, 4.69) is 10.6 Å². The molecule has 0 aliphatic carbocycles. The first-order chi connectivity index (χ1) is 14.0. The largest absolute Gasteiger partial charge is 0.497 e. The van der Waals surface area contributed by atoms with Crippen LogP contribution in [0.25, 0.3) is 6.08 Å². The summed E-state index contributed by atoms with van der Waals surface area (Å²) in [6.07, 6.45) is 1.67. The highest BCUT2D eigenvalue weighted by Gasteiger charge is 2.16. The van der Waals surface area contributed by atoms with Crippen LogP contribution in [-0.4, -0.2) is 18.9 Å². The van der Waals surface area contributed by atoms with Crippen LogP contribution >= 0.6 is 11.3 Å². The normalized spacial score (nSPS) is 11.1. The number of carbonyl (C=O) groups is 2. The van der Waals surface area contributed by atoms with Gasteiger partial charge < -0.3 is 15.4 Å². The smallest absolute Gasteiger partial charge is 0.272 e. The molecule has 1 heterocycles. The van der Waals surface area contributed by atoms with Gasteiger partial charge in [-0.15, -0.1) is 11.3 Å². The number of anilines is 1. The van der Waals surface area contributed by atoms with E-state index in [4.69, 9.17) is 4.74 Å². The second-order valence-corrected chi connectivity index (χ2v) is 7.49. The standard InChI is InChI=1S/C23H22N2O3S/c1-15-6-7-17(13-16(15)2)22(26)25-21(14-20-5-4-12-29-20)23(27)24-18-8-10-19(28-3)11-9-18/h4-14H,1-3H3,(H,24,27)(H,25,26)/b21-14+. The van der Waals surface area contributed by atoms with Crippen LogP contribution in [0.1, 0.15) is 26.4 Å². The van der Waals surface area contributed by atoms with Gasteiger partial charge in [0.05, 0.1) is 7.11 Å². The van der Waals surface area contributed by atoms with Gasteiger partial charge in [0, 0.05) is 16.1 Å². The zero-order valence-corrected chi connectivity index (χ0v) is 17.3. The average molecular weight is 407 g/mol. The van der Waals surface area contributed by atoms with Crippen molar-refractivity contribution in [2.75, 3.05) is 12.4 Å². The number of benzene rings is 2. The Morgan fingerprint density at radius 3 is 2.38 bits per heavy atom. The van der Waals surface area contributed by atoms with Gasteiger partial charge in [-0.05, 0) is 78.9 Å². The lowest BCUT2D eigenvalue weighted by Crippen LogP contribution is -2.30. The fraction of sp³-hybridized carbons (Fsp3) is 0.130. The minimum atomic E-state index is -0.402. The number of thiophene rings is 1. The number of carbonyl (C=O) groups excluding carboxylic acids is 2. The third-order valence-corrected chi connectivity index (χ3v) is 5.26. The van der Waals surface area contributed by atoms with Crippen molar-refractivity contribution < 1.29 is 14.3 Å². The van der Waals surface area contributed by atoms with Gasteiger partial charge in [0.25, 0.3) is 11.8 Å². The summed E-state index contributed by atoms with van der Waals surface area (Å²) in [7, 11) is 1.58. The van der Waals surface area contributed by atoms with Crippen molar-refractivity contribution in [3.8, 4) is 5.75 Å². The third kappa shape index (κ3) is 5.33. The number of rotatable bonds is 6. The first-order valence-corrected chi connectivity index (χ1v) is 9.93. The number of aryl methyl sites for hydroxylation is 2. The van der Waals surface area contributed by atoms with Crippen molar-refractivity contribution in [3.63, 3.8) is 0 Å². The van der Waals surface area contributed by atoms with E-state index in [-0.39, 0.29) is 11.6 Å².